The van der Waals surface area contributed by atoms with E-state index in [9.17, 15) is 14.7 Å². The Morgan fingerprint density at radius 1 is 1.33 bits per heavy atom. The second kappa shape index (κ2) is 7.20. The van der Waals surface area contributed by atoms with E-state index >= 15 is 0 Å². The van der Waals surface area contributed by atoms with Crippen LogP contribution in [0.3, 0.4) is 0 Å². The molecular weight excluding hydrogens is 236 g/mol. The molecule has 1 rings (SSSR count). The van der Waals surface area contributed by atoms with Crippen molar-refractivity contribution in [2.75, 3.05) is 26.7 Å². The normalized spacial score (nSPS) is 20.3. The first-order valence-corrected chi connectivity index (χ1v) is 6.43. The molecule has 104 valence electrons. The zero-order valence-corrected chi connectivity index (χ0v) is 10.8. The van der Waals surface area contributed by atoms with Gasteiger partial charge in [0.25, 0.3) is 0 Å². The molecule has 0 radical (unpaired) electrons. The van der Waals surface area contributed by atoms with Gasteiger partial charge in [-0.05, 0) is 19.3 Å². The predicted molar refractivity (Wildman–Crippen MR) is 66.3 cm³/mol. The maximum atomic E-state index is 12.2. The predicted octanol–water partition coefficient (Wildman–Crippen LogP) is 0.750. The average Bonchev–Trinajstić information content (AvgIpc) is 2.60. The van der Waals surface area contributed by atoms with Crippen LogP contribution in [-0.4, -0.2) is 64.8 Å². The van der Waals surface area contributed by atoms with Crippen LogP contribution in [0.5, 0.6) is 0 Å². The third kappa shape index (κ3) is 3.87. The van der Waals surface area contributed by atoms with Crippen LogP contribution in [-0.2, 0) is 4.79 Å². The Balaban J connectivity index is 2.68. The van der Waals surface area contributed by atoms with E-state index in [2.05, 4.69) is 0 Å². The summed E-state index contributed by atoms with van der Waals surface area (Å²) < 4.78 is 0. The Morgan fingerprint density at radius 2 is 2.06 bits per heavy atom. The largest absolute Gasteiger partial charge is 0.480 e. The molecule has 1 saturated heterocycles. The van der Waals surface area contributed by atoms with Crippen LogP contribution in [0.4, 0.5) is 4.79 Å². The van der Waals surface area contributed by atoms with E-state index in [0.717, 1.165) is 19.3 Å². The molecule has 1 atom stereocenters. The van der Waals surface area contributed by atoms with Crippen LogP contribution in [0.1, 0.15) is 32.1 Å². The van der Waals surface area contributed by atoms with Gasteiger partial charge in [-0.1, -0.05) is 12.8 Å². The Labute approximate surface area is 107 Å². The van der Waals surface area contributed by atoms with Gasteiger partial charge in [0.1, 0.15) is 6.04 Å². The van der Waals surface area contributed by atoms with Crippen molar-refractivity contribution in [3.8, 4) is 0 Å². The lowest BCUT2D eigenvalue weighted by Crippen LogP contribution is -2.50. The number of carbonyl (C=O) groups excluding carboxylic acids is 1. The number of likely N-dealkylation sites (tertiary alicyclic amines) is 1. The average molecular weight is 258 g/mol. The van der Waals surface area contributed by atoms with Gasteiger partial charge in [-0.3, -0.25) is 0 Å². The van der Waals surface area contributed by atoms with E-state index in [-0.39, 0.29) is 12.6 Å². The number of aliphatic hydroxyl groups excluding tert-OH is 1. The lowest BCUT2D eigenvalue weighted by Gasteiger charge is -2.31. The molecule has 1 heterocycles. The molecule has 0 aromatic heterocycles. The first-order chi connectivity index (χ1) is 8.57. The minimum atomic E-state index is -0.930. The highest BCUT2D eigenvalue weighted by molar-refractivity contribution is 5.82. The monoisotopic (exact) mass is 258 g/mol. The van der Waals surface area contributed by atoms with Crippen molar-refractivity contribution in [3.63, 3.8) is 0 Å². The molecule has 6 nitrogen and oxygen atoms in total. The quantitative estimate of drug-likeness (QED) is 0.779. The number of aliphatic hydroxyl groups is 1. The third-order valence-corrected chi connectivity index (χ3v) is 3.26. The number of amides is 2. The lowest BCUT2D eigenvalue weighted by atomic mass is 10.1. The first-order valence-electron chi connectivity index (χ1n) is 6.43. The van der Waals surface area contributed by atoms with Crippen LogP contribution in [0.15, 0.2) is 0 Å². The summed E-state index contributed by atoms with van der Waals surface area (Å²) in [6.07, 6.45) is 3.70. The number of urea groups is 1. The number of hydrogen-bond acceptors (Lipinski definition) is 3. The van der Waals surface area contributed by atoms with Crippen molar-refractivity contribution in [2.24, 2.45) is 0 Å². The lowest BCUT2D eigenvalue weighted by molar-refractivity contribution is -0.142. The number of rotatable bonds is 4. The summed E-state index contributed by atoms with van der Waals surface area (Å²) in [4.78, 5) is 26.3. The number of carbonyl (C=O) groups is 2. The van der Waals surface area contributed by atoms with Crippen molar-refractivity contribution >= 4 is 12.0 Å². The molecule has 0 spiro atoms. The highest BCUT2D eigenvalue weighted by atomic mass is 16.4. The molecule has 0 bridgehead atoms. The number of carboxylic acids is 1. The minimum Gasteiger partial charge on any atom is -0.480 e. The van der Waals surface area contributed by atoms with Gasteiger partial charge in [-0.15, -0.1) is 0 Å². The summed E-state index contributed by atoms with van der Waals surface area (Å²) in [5.41, 5.74) is 0. The van der Waals surface area contributed by atoms with Gasteiger partial charge >= 0.3 is 12.0 Å². The van der Waals surface area contributed by atoms with E-state index in [0.29, 0.717) is 25.9 Å². The molecular formula is C12H22N2O4. The molecule has 6 heteroatoms. The summed E-state index contributed by atoms with van der Waals surface area (Å²) in [6.45, 7) is 0.970. The van der Waals surface area contributed by atoms with Gasteiger partial charge in [-0.25, -0.2) is 9.59 Å². The van der Waals surface area contributed by atoms with Gasteiger partial charge in [0.05, 0.1) is 0 Å². The maximum absolute atomic E-state index is 12.2. The van der Waals surface area contributed by atoms with Crippen molar-refractivity contribution in [1.82, 2.24) is 9.80 Å². The van der Waals surface area contributed by atoms with Gasteiger partial charge in [0.15, 0.2) is 0 Å². The van der Waals surface area contributed by atoms with Crippen LogP contribution in [0.2, 0.25) is 0 Å². The number of carboxylic acid groups (broad SMARTS) is 1. The zero-order chi connectivity index (χ0) is 13.5. The Bertz CT molecular complexity index is 296. The Hall–Kier alpha value is -1.30. The first kappa shape index (κ1) is 14.8. The van der Waals surface area contributed by atoms with Gasteiger partial charge in [0.2, 0.25) is 0 Å². The highest BCUT2D eigenvalue weighted by Crippen LogP contribution is 2.18. The molecule has 1 fully saturated rings. The molecule has 0 aromatic rings. The standard InChI is InChI=1S/C12H22N2O4/c1-13(7-5-9-15)12(18)14-8-4-2-3-6-10(14)11(16)17/h10,15H,2-9H2,1H3,(H,16,17). The molecule has 1 unspecified atom stereocenters. The van der Waals surface area contributed by atoms with Crippen molar-refractivity contribution in [1.29, 1.82) is 0 Å². The molecule has 2 N–H and O–H groups in total. The van der Waals surface area contributed by atoms with Crippen LogP contribution < -0.4 is 0 Å². The highest BCUT2D eigenvalue weighted by Gasteiger charge is 2.32. The van der Waals surface area contributed by atoms with Crippen molar-refractivity contribution in [3.05, 3.63) is 0 Å². The fourth-order valence-corrected chi connectivity index (χ4v) is 2.22. The smallest absolute Gasteiger partial charge is 0.326 e. The van der Waals surface area contributed by atoms with Gasteiger partial charge in [0, 0.05) is 26.7 Å². The van der Waals surface area contributed by atoms with Gasteiger partial charge in [-0.2, -0.15) is 0 Å². The van der Waals surface area contributed by atoms with E-state index in [1.807, 2.05) is 0 Å². The van der Waals surface area contributed by atoms with E-state index in [4.69, 9.17) is 5.11 Å². The summed E-state index contributed by atoms with van der Waals surface area (Å²) in [6, 6.07) is -0.964. The van der Waals surface area contributed by atoms with Crippen LogP contribution in [0, 0.1) is 0 Å². The zero-order valence-electron chi connectivity index (χ0n) is 10.8. The molecule has 18 heavy (non-hydrogen) atoms. The SMILES string of the molecule is CN(CCCO)C(=O)N1CCCCCC1C(=O)O. The van der Waals surface area contributed by atoms with Crippen molar-refractivity contribution in [2.45, 2.75) is 38.1 Å². The fraction of sp³-hybridized carbons (Fsp3) is 0.833. The number of nitrogens with zero attached hydrogens (tertiary/aromatic N) is 2. The summed E-state index contributed by atoms with van der Waals surface area (Å²) in [5, 5.41) is 17.9. The van der Waals surface area contributed by atoms with E-state index < -0.39 is 12.0 Å². The number of hydrogen-bond donors (Lipinski definition) is 2. The van der Waals surface area contributed by atoms with Crippen LogP contribution >= 0.6 is 0 Å². The van der Waals surface area contributed by atoms with Crippen LogP contribution in [0.25, 0.3) is 0 Å². The molecule has 1 aliphatic rings. The molecule has 0 saturated carbocycles. The topological polar surface area (TPSA) is 81.1 Å². The second-order valence-electron chi connectivity index (χ2n) is 4.68. The maximum Gasteiger partial charge on any atom is 0.326 e. The number of aliphatic carboxylic acids is 1. The Morgan fingerprint density at radius 3 is 2.67 bits per heavy atom. The van der Waals surface area contributed by atoms with Crippen molar-refractivity contribution < 1.29 is 19.8 Å². The fourth-order valence-electron chi connectivity index (χ4n) is 2.22. The Kier molecular flexibility index (Phi) is 5.91. The summed E-state index contributed by atoms with van der Waals surface area (Å²) in [5.74, 6) is -0.930. The summed E-state index contributed by atoms with van der Waals surface area (Å²) >= 11 is 0. The van der Waals surface area contributed by atoms with Gasteiger partial charge < -0.3 is 20.0 Å². The molecule has 1 aliphatic heterocycles. The summed E-state index contributed by atoms with van der Waals surface area (Å²) in [7, 11) is 1.64. The second-order valence-corrected chi connectivity index (χ2v) is 4.68. The molecule has 0 aromatic carbocycles. The molecule has 0 aliphatic carbocycles. The minimum absolute atomic E-state index is 0.0278. The van der Waals surface area contributed by atoms with E-state index in [1.54, 1.807) is 7.05 Å². The molecule has 2 amide bonds. The third-order valence-electron chi connectivity index (χ3n) is 3.26. The van der Waals surface area contributed by atoms with E-state index in [1.165, 1.54) is 9.80 Å².